The molecule has 0 N–H and O–H groups in total. The Kier molecular flexibility index (Phi) is 3.82. The van der Waals surface area contributed by atoms with Crippen LogP contribution in [0.15, 0.2) is 21.3 Å². The summed E-state index contributed by atoms with van der Waals surface area (Å²) >= 11 is 0. The van der Waals surface area contributed by atoms with E-state index in [1.54, 1.807) is 18.1 Å². The lowest BCUT2D eigenvalue weighted by Gasteiger charge is -2.44. The Bertz CT molecular complexity index is 805. The zero-order valence-electron chi connectivity index (χ0n) is 14.3. The van der Waals surface area contributed by atoms with E-state index < -0.39 is 0 Å². The molecule has 0 saturated carbocycles. The third kappa shape index (κ3) is 2.92. The van der Waals surface area contributed by atoms with Crippen molar-refractivity contribution in [2.45, 2.75) is 38.6 Å². The number of hydrogen-bond acceptors (Lipinski definition) is 6. The van der Waals surface area contributed by atoms with Gasteiger partial charge in [0.15, 0.2) is 5.82 Å². The minimum Gasteiger partial charge on any atom is -0.469 e. The molecule has 2 amide bonds. The van der Waals surface area contributed by atoms with Gasteiger partial charge in [0.2, 0.25) is 17.7 Å². The van der Waals surface area contributed by atoms with Crippen LogP contribution in [-0.2, 0) is 16.0 Å². The molecule has 0 aliphatic carbocycles. The summed E-state index contributed by atoms with van der Waals surface area (Å²) in [6.07, 6.45) is 2.25. The maximum Gasteiger partial charge on any atom is 0.232 e. The molecule has 8 heteroatoms. The van der Waals surface area contributed by atoms with Crippen LogP contribution in [0.3, 0.4) is 0 Å². The number of hydrogen-bond donors (Lipinski definition) is 0. The van der Waals surface area contributed by atoms with Crippen LogP contribution < -0.4 is 0 Å². The standard InChI is InChI=1S/C17H20N4O4/c1-10-3-4-24-14(10)6-15(22)20-8-13(9-20)21-7-12(5-16(21)23)17-18-11(2)19-25-17/h3-4,12-13H,5-9H2,1-2H3. The summed E-state index contributed by atoms with van der Waals surface area (Å²) < 4.78 is 10.5. The van der Waals surface area contributed by atoms with Gasteiger partial charge in [0, 0.05) is 26.1 Å². The molecule has 1 atom stereocenters. The van der Waals surface area contributed by atoms with Gasteiger partial charge in [-0.15, -0.1) is 0 Å². The average Bonchev–Trinajstić information content (AvgIpc) is 3.21. The highest BCUT2D eigenvalue weighted by molar-refractivity contribution is 5.82. The minimum atomic E-state index is -0.0516. The van der Waals surface area contributed by atoms with Gasteiger partial charge in [-0.25, -0.2) is 0 Å². The second kappa shape index (κ2) is 6.02. The fraction of sp³-hybridized carbons (Fsp3) is 0.529. The second-order valence-electron chi connectivity index (χ2n) is 6.78. The van der Waals surface area contributed by atoms with E-state index in [-0.39, 0.29) is 30.2 Å². The summed E-state index contributed by atoms with van der Waals surface area (Å²) in [6, 6.07) is 1.92. The van der Waals surface area contributed by atoms with Gasteiger partial charge >= 0.3 is 0 Å². The third-order valence-corrected chi connectivity index (χ3v) is 4.99. The SMILES string of the molecule is Cc1noc(C2CC(=O)N(C3CN(C(=O)Cc4occc4C)C3)C2)n1. The molecule has 132 valence electrons. The molecule has 2 aliphatic heterocycles. The third-order valence-electron chi connectivity index (χ3n) is 4.99. The molecule has 0 spiro atoms. The first-order chi connectivity index (χ1) is 12.0. The summed E-state index contributed by atoms with van der Waals surface area (Å²) in [5.74, 6) is 1.87. The lowest BCUT2D eigenvalue weighted by molar-refractivity contribution is -0.144. The number of likely N-dealkylation sites (tertiary alicyclic amines) is 2. The highest BCUT2D eigenvalue weighted by Gasteiger charge is 2.43. The minimum absolute atomic E-state index is 0.0324. The van der Waals surface area contributed by atoms with Crippen molar-refractivity contribution in [2.24, 2.45) is 0 Å². The number of amides is 2. The molecular weight excluding hydrogens is 324 g/mol. The first-order valence-electron chi connectivity index (χ1n) is 8.41. The first kappa shape index (κ1) is 15.9. The monoisotopic (exact) mass is 344 g/mol. The lowest BCUT2D eigenvalue weighted by Crippen LogP contribution is -2.61. The molecule has 2 aliphatic rings. The van der Waals surface area contributed by atoms with Crippen LogP contribution in [-0.4, -0.2) is 57.4 Å². The van der Waals surface area contributed by atoms with Crippen molar-refractivity contribution >= 4 is 11.8 Å². The fourth-order valence-corrected chi connectivity index (χ4v) is 3.42. The number of nitrogens with zero attached hydrogens (tertiary/aromatic N) is 4. The van der Waals surface area contributed by atoms with E-state index >= 15 is 0 Å². The van der Waals surface area contributed by atoms with Crippen LogP contribution in [0.4, 0.5) is 0 Å². The van der Waals surface area contributed by atoms with Crippen LogP contribution in [0.5, 0.6) is 0 Å². The van der Waals surface area contributed by atoms with Crippen molar-refractivity contribution in [2.75, 3.05) is 19.6 Å². The van der Waals surface area contributed by atoms with Gasteiger partial charge in [-0.05, 0) is 25.5 Å². The van der Waals surface area contributed by atoms with Gasteiger partial charge in [-0.1, -0.05) is 5.16 Å². The highest BCUT2D eigenvalue weighted by Crippen LogP contribution is 2.31. The average molecular weight is 344 g/mol. The second-order valence-corrected chi connectivity index (χ2v) is 6.78. The normalized spacial score (nSPS) is 21.0. The van der Waals surface area contributed by atoms with E-state index in [1.807, 2.05) is 17.9 Å². The van der Waals surface area contributed by atoms with Gasteiger partial charge in [0.05, 0.1) is 24.6 Å². The van der Waals surface area contributed by atoms with Crippen molar-refractivity contribution in [3.8, 4) is 0 Å². The Morgan fingerprint density at radius 2 is 2.12 bits per heavy atom. The number of aryl methyl sites for hydroxylation is 2. The van der Waals surface area contributed by atoms with E-state index in [4.69, 9.17) is 8.94 Å². The molecule has 8 nitrogen and oxygen atoms in total. The van der Waals surface area contributed by atoms with E-state index in [0.29, 0.717) is 43.5 Å². The van der Waals surface area contributed by atoms with E-state index in [2.05, 4.69) is 10.1 Å². The molecular formula is C17H20N4O4. The van der Waals surface area contributed by atoms with Crippen molar-refractivity contribution in [3.05, 3.63) is 35.4 Å². The molecule has 2 aromatic heterocycles. The van der Waals surface area contributed by atoms with Gasteiger partial charge in [-0.3, -0.25) is 9.59 Å². The number of furan rings is 1. The zero-order chi connectivity index (χ0) is 17.6. The van der Waals surface area contributed by atoms with Gasteiger partial charge in [-0.2, -0.15) is 4.98 Å². The van der Waals surface area contributed by atoms with Crippen LogP contribution in [0.25, 0.3) is 0 Å². The smallest absolute Gasteiger partial charge is 0.232 e. The van der Waals surface area contributed by atoms with E-state index in [9.17, 15) is 9.59 Å². The first-order valence-corrected chi connectivity index (χ1v) is 8.41. The van der Waals surface area contributed by atoms with Crippen molar-refractivity contribution < 1.29 is 18.5 Å². The molecule has 2 fully saturated rings. The number of carbonyl (C=O) groups is 2. The molecule has 2 saturated heterocycles. The van der Waals surface area contributed by atoms with Crippen molar-refractivity contribution in [1.82, 2.24) is 19.9 Å². The quantitative estimate of drug-likeness (QED) is 0.823. The Morgan fingerprint density at radius 1 is 1.32 bits per heavy atom. The predicted octanol–water partition coefficient (Wildman–Crippen LogP) is 1.05. The van der Waals surface area contributed by atoms with Gasteiger partial charge < -0.3 is 18.7 Å². The van der Waals surface area contributed by atoms with Crippen molar-refractivity contribution in [3.63, 3.8) is 0 Å². The Balaban J connectivity index is 1.32. The Morgan fingerprint density at radius 3 is 2.76 bits per heavy atom. The maximum atomic E-state index is 12.3. The van der Waals surface area contributed by atoms with Crippen molar-refractivity contribution in [1.29, 1.82) is 0 Å². The topological polar surface area (TPSA) is 92.7 Å². The molecule has 2 aromatic rings. The molecule has 4 rings (SSSR count). The van der Waals surface area contributed by atoms with E-state index in [1.165, 1.54) is 0 Å². The summed E-state index contributed by atoms with van der Waals surface area (Å²) in [5.41, 5.74) is 0.984. The molecule has 0 aromatic carbocycles. The van der Waals surface area contributed by atoms with E-state index in [0.717, 1.165) is 5.56 Å². The van der Waals surface area contributed by atoms with Crippen LogP contribution in [0.2, 0.25) is 0 Å². The zero-order valence-corrected chi connectivity index (χ0v) is 14.3. The van der Waals surface area contributed by atoms with Gasteiger partial charge in [0.25, 0.3) is 0 Å². The van der Waals surface area contributed by atoms with Crippen LogP contribution in [0.1, 0.15) is 35.4 Å². The van der Waals surface area contributed by atoms with Gasteiger partial charge in [0.1, 0.15) is 5.76 Å². The predicted molar refractivity (Wildman–Crippen MR) is 85.6 cm³/mol. The molecule has 0 radical (unpaired) electrons. The molecule has 25 heavy (non-hydrogen) atoms. The summed E-state index contributed by atoms with van der Waals surface area (Å²) in [7, 11) is 0. The molecule has 1 unspecified atom stereocenters. The summed E-state index contributed by atoms with van der Waals surface area (Å²) in [4.78, 5) is 32.4. The summed E-state index contributed by atoms with van der Waals surface area (Å²) in [6.45, 7) is 5.40. The Hall–Kier alpha value is -2.64. The number of carbonyl (C=O) groups excluding carboxylic acids is 2. The highest BCUT2D eigenvalue weighted by atomic mass is 16.5. The van der Waals surface area contributed by atoms with Crippen LogP contribution >= 0.6 is 0 Å². The number of aromatic nitrogens is 2. The molecule has 4 heterocycles. The summed E-state index contributed by atoms with van der Waals surface area (Å²) in [5, 5.41) is 3.79. The maximum absolute atomic E-state index is 12.3. The largest absolute Gasteiger partial charge is 0.469 e. The number of rotatable bonds is 4. The van der Waals surface area contributed by atoms with Crippen LogP contribution in [0, 0.1) is 13.8 Å². The molecule has 0 bridgehead atoms. The lowest BCUT2D eigenvalue weighted by atomic mass is 10.1. The fourth-order valence-electron chi connectivity index (χ4n) is 3.42. The Labute approximate surface area is 144 Å².